The number of rotatable bonds is 4. The summed E-state index contributed by atoms with van der Waals surface area (Å²) < 4.78 is 7.22. The number of ether oxygens (including phenoxy) is 1. The van der Waals surface area contributed by atoms with Gasteiger partial charge in [0.25, 0.3) is 0 Å². The molecule has 0 aliphatic rings. The molecular weight excluding hydrogens is 254 g/mol. The number of hydrogen-bond acceptors (Lipinski definition) is 3. The van der Waals surface area contributed by atoms with Crippen LogP contribution in [0.15, 0.2) is 36.7 Å². The highest BCUT2D eigenvalue weighted by Crippen LogP contribution is 2.22. The molecule has 5 nitrogen and oxygen atoms in total. The molecule has 0 saturated heterocycles. The Morgan fingerprint density at radius 2 is 2.11 bits per heavy atom. The van der Waals surface area contributed by atoms with E-state index in [9.17, 15) is 4.79 Å². The summed E-state index contributed by atoms with van der Waals surface area (Å²) in [5.74, 6) is 1.04. The van der Waals surface area contributed by atoms with E-state index in [1.54, 1.807) is 41.3 Å². The number of anilines is 1. The van der Waals surface area contributed by atoms with Crippen molar-refractivity contribution in [3.05, 3.63) is 36.7 Å². The van der Waals surface area contributed by atoms with Gasteiger partial charge in [-0.15, -0.1) is 11.6 Å². The topological polar surface area (TPSA) is 56.1 Å². The molecule has 0 saturated carbocycles. The Morgan fingerprint density at radius 1 is 1.39 bits per heavy atom. The number of hydrogen-bond donors (Lipinski definition) is 1. The molecule has 1 heterocycles. The second kappa shape index (κ2) is 5.55. The van der Waals surface area contributed by atoms with Crippen LogP contribution in [0.2, 0.25) is 0 Å². The molecule has 6 heteroatoms. The van der Waals surface area contributed by atoms with E-state index in [-0.39, 0.29) is 11.8 Å². The molecule has 2 aromatic rings. The molecule has 0 atom stereocenters. The molecule has 1 aromatic heterocycles. The number of aromatic nitrogens is 2. The van der Waals surface area contributed by atoms with Crippen LogP contribution >= 0.6 is 11.6 Å². The normalized spacial score (nSPS) is 10.1. The number of halogens is 1. The van der Waals surface area contributed by atoms with E-state index in [1.807, 2.05) is 7.05 Å². The minimum Gasteiger partial charge on any atom is -0.454 e. The highest BCUT2D eigenvalue weighted by molar-refractivity contribution is 6.29. The zero-order chi connectivity index (χ0) is 13.0. The summed E-state index contributed by atoms with van der Waals surface area (Å²) in [6.45, 7) is 0. The van der Waals surface area contributed by atoms with Gasteiger partial charge in [-0.1, -0.05) is 0 Å². The molecule has 0 unspecified atom stereocenters. The van der Waals surface area contributed by atoms with Crippen LogP contribution in [0.1, 0.15) is 0 Å². The van der Waals surface area contributed by atoms with Gasteiger partial charge in [-0.05, 0) is 24.3 Å². The van der Waals surface area contributed by atoms with E-state index in [0.29, 0.717) is 17.2 Å². The van der Waals surface area contributed by atoms with Crippen LogP contribution in [-0.2, 0) is 11.8 Å². The molecule has 0 spiro atoms. The Morgan fingerprint density at radius 3 is 2.67 bits per heavy atom. The predicted octanol–water partition coefficient (Wildman–Crippen LogP) is 2.39. The van der Waals surface area contributed by atoms with Crippen LogP contribution < -0.4 is 10.1 Å². The number of aryl methyl sites for hydroxylation is 1. The standard InChI is InChI=1S/C12H12ClN3O2/c1-16-8-11(7-14-16)18-10-4-2-9(3-5-10)15-12(17)6-13/h2-5,7-8H,6H2,1H3,(H,15,17). The number of amides is 1. The van der Waals surface area contributed by atoms with Gasteiger partial charge in [-0.25, -0.2) is 0 Å². The molecule has 0 radical (unpaired) electrons. The second-order valence-electron chi connectivity index (χ2n) is 3.66. The van der Waals surface area contributed by atoms with Gasteiger partial charge in [0.15, 0.2) is 5.75 Å². The van der Waals surface area contributed by atoms with E-state index in [0.717, 1.165) is 0 Å². The van der Waals surface area contributed by atoms with Crippen molar-refractivity contribution in [1.82, 2.24) is 9.78 Å². The number of nitrogens with zero attached hydrogens (tertiary/aromatic N) is 2. The fourth-order valence-corrected chi connectivity index (χ4v) is 1.46. The summed E-state index contributed by atoms with van der Waals surface area (Å²) >= 11 is 5.40. The first-order chi connectivity index (χ1) is 8.67. The Bertz CT molecular complexity index is 537. The van der Waals surface area contributed by atoms with E-state index < -0.39 is 0 Å². The third kappa shape index (κ3) is 3.24. The molecule has 1 aromatic carbocycles. The van der Waals surface area contributed by atoms with Crippen molar-refractivity contribution in [2.75, 3.05) is 11.2 Å². The van der Waals surface area contributed by atoms with E-state index in [1.165, 1.54) is 0 Å². The molecule has 1 N–H and O–H groups in total. The lowest BCUT2D eigenvalue weighted by Crippen LogP contribution is -2.12. The zero-order valence-electron chi connectivity index (χ0n) is 9.76. The molecule has 94 valence electrons. The fraction of sp³-hybridized carbons (Fsp3) is 0.167. The Kier molecular flexibility index (Phi) is 3.84. The SMILES string of the molecule is Cn1cc(Oc2ccc(NC(=O)CCl)cc2)cn1. The maximum Gasteiger partial charge on any atom is 0.239 e. The quantitative estimate of drug-likeness (QED) is 0.864. The van der Waals surface area contributed by atoms with E-state index >= 15 is 0 Å². The molecule has 0 bridgehead atoms. The Hall–Kier alpha value is -2.01. The average Bonchev–Trinajstić information content (AvgIpc) is 2.77. The number of carbonyl (C=O) groups is 1. The van der Waals surface area contributed by atoms with Gasteiger partial charge in [-0.3, -0.25) is 9.48 Å². The molecular formula is C12H12ClN3O2. The molecule has 18 heavy (non-hydrogen) atoms. The number of benzene rings is 1. The van der Waals surface area contributed by atoms with Crippen molar-refractivity contribution < 1.29 is 9.53 Å². The van der Waals surface area contributed by atoms with Crippen LogP contribution in [0, 0.1) is 0 Å². The first-order valence-corrected chi connectivity index (χ1v) is 5.83. The van der Waals surface area contributed by atoms with Gasteiger partial charge in [0, 0.05) is 12.7 Å². The Balaban J connectivity index is 2.01. The van der Waals surface area contributed by atoms with Crippen molar-refractivity contribution in [2.24, 2.45) is 7.05 Å². The molecule has 0 aliphatic heterocycles. The summed E-state index contributed by atoms with van der Waals surface area (Å²) in [6, 6.07) is 7.01. The maximum absolute atomic E-state index is 11.1. The number of nitrogens with one attached hydrogen (secondary N) is 1. The van der Waals surface area contributed by atoms with Crippen LogP contribution in [0.25, 0.3) is 0 Å². The van der Waals surface area contributed by atoms with Gasteiger partial charge in [0.05, 0.1) is 12.4 Å². The van der Waals surface area contributed by atoms with Gasteiger partial charge in [0.2, 0.25) is 5.91 Å². The first-order valence-electron chi connectivity index (χ1n) is 5.30. The molecule has 2 rings (SSSR count). The van der Waals surface area contributed by atoms with E-state index in [4.69, 9.17) is 16.3 Å². The van der Waals surface area contributed by atoms with Crippen LogP contribution in [0.3, 0.4) is 0 Å². The van der Waals surface area contributed by atoms with Crippen LogP contribution in [0.4, 0.5) is 5.69 Å². The largest absolute Gasteiger partial charge is 0.454 e. The van der Waals surface area contributed by atoms with Crippen LogP contribution in [0.5, 0.6) is 11.5 Å². The van der Waals surface area contributed by atoms with Crippen LogP contribution in [-0.4, -0.2) is 21.6 Å². The lowest BCUT2D eigenvalue weighted by molar-refractivity contribution is -0.113. The van der Waals surface area contributed by atoms with Crippen molar-refractivity contribution in [3.8, 4) is 11.5 Å². The van der Waals surface area contributed by atoms with Crippen molar-refractivity contribution in [3.63, 3.8) is 0 Å². The van der Waals surface area contributed by atoms with Gasteiger partial charge in [-0.2, -0.15) is 5.10 Å². The average molecular weight is 266 g/mol. The molecule has 1 amide bonds. The monoisotopic (exact) mass is 265 g/mol. The summed E-state index contributed by atoms with van der Waals surface area (Å²) in [4.78, 5) is 11.1. The maximum atomic E-state index is 11.1. The van der Waals surface area contributed by atoms with E-state index in [2.05, 4.69) is 10.4 Å². The molecule has 0 fully saturated rings. The van der Waals surface area contributed by atoms with Gasteiger partial charge < -0.3 is 10.1 Å². The number of alkyl halides is 1. The van der Waals surface area contributed by atoms with Crippen molar-refractivity contribution in [1.29, 1.82) is 0 Å². The summed E-state index contributed by atoms with van der Waals surface area (Å²) in [6.07, 6.45) is 3.40. The lowest BCUT2D eigenvalue weighted by atomic mass is 10.3. The third-order valence-electron chi connectivity index (χ3n) is 2.18. The smallest absolute Gasteiger partial charge is 0.239 e. The zero-order valence-corrected chi connectivity index (χ0v) is 10.5. The van der Waals surface area contributed by atoms with Crippen molar-refractivity contribution >= 4 is 23.2 Å². The lowest BCUT2D eigenvalue weighted by Gasteiger charge is -2.05. The minimum atomic E-state index is -0.238. The summed E-state index contributed by atoms with van der Waals surface area (Å²) in [7, 11) is 1.82. The second-order valence-corrected chi connectivity index (χ2v) is 3.93. The predicted molar refractivity (Wildman–Crippen MR) is 69.1 cm³/mol. The first kappa shape index (κ1) is 12.4. The molecule has 0 aliphatic carbocycles. The summed E-state index contributed by atoms with van der Waals surface area (Å²) in [5, 5.41) is 6.64. The van der Waals surface area contributed by atoms with Gasteiger partial charge in [0.1, 0.15) is 11.6 Å². The summed E-state index contributed by atoms with van der Waals surface area (Å²) in [5.41, 5.74) is 0.680. The highest BCUT2D eigenvalue weighted by atomic mass is 35.5. The highest BCUT2D eigenvalue weighted by Gasteiger charge is 2.02. The third-order valence-corrected chi connectivity index (χ3v) is 2.42. The minimum absolute atomic E-state index is 0.0616. The van der Waals surface area contributed by atoms with Crippen molar-refractivity contribution in [2.45, 2.75) is 0 Å². The van der Waals surface area contributed by atoms with Gasteiger partial charge >= 0.3 is 0 Å². The Labute approximate surface area is 109 Å². The fourth-order valence-electron chi connectivity index (χ4n) is 1.39. The number of carbonyl (C=O) groups excluding carboxylic acids is 1.